The van der Waals surface area contributed by atoms with Crippen molar-refractivity contribution >= 4 is 11.3 Å². The van der Waals surface area contributed by atoms with Crippen molar-refractivity contribution in [3.8, 4) is 5.75 Å². The summed E-state index contributed by atoms with van der Waals surface area (Å²) in [4.78, 5) is 5.66. The molecule has 0 aliphatic rings. The predicted octanol–water partition coefficient (Wildman–Crippen LogP) is 3.39. The number of benzene rings is 1. The van der Waals surface area contributed by atoms with Crippen molar-refractivity contribution in [3.05, 3.63) is 45.4 Å². The lowest BCUT2D eigenvalue weighted by Gasteiger charge is -2.07. The Bertz CT molecular complexity index is 498. The fraction of sp³-hybridized carbons (Fsp3) is 0.357. The van der Waals surface area contributed by atoms with Crippen LogP contribution in [0.25, 0.3) is 0 Å². The normalized spacial score (nSPS) is 12.4. The summed E-state index contributed by atoms with van der Waals surface area (Å²) in [5.74, 6) is 0.796. The summed E-state index contributed by atoms with van der Waals surface area (Å²) in [6.45, 7) is 6.31. The molecule has 2 rings (SSSR count). The van der Waals surface area contributed by atoms with E-state index in [2.05, 4.69) is 11.9 Å². The first-order valence-corrected chi connectivity index (χ1v) is 6.71. The van der Waals surface area contributed by atoms with Crippen molar-refractivity contribution in [1.29, 1.82) is 0 Å². The number of aromatic nitrogens is 1. The smallest absolute Gasteiger partial charge is 0.140 e. The van der Waals surface area contributed by atoms with E-state index in [9.17, 15) is 5.11 Å². The van der Waals surface area contributed by atoms with Crippen molar-refractivity contribution in [1.82, 2.24) is 4.98 Å². The van der Waals surface area contributed by atoms with Crippen LogP contribution in [0.4, 0.5) is 0 Å². The Morgan fingerprint density at radius 1 is 1.28 bits per heavy atom. The fourth-order valence-electron chi connectivity index (χ4n) is 1.59. The van der Waals surface area contributed by atoms with Crippen molar-refractivity contribution in [2.45, 2.75) is 33.5 Å². The fourth-order valence-corrected chi connectivity index (χ4v) is 2.44. The van der Waals surface area contributed by atoms with Gasteiger partial charge in [0.15, 0.2) is 0 Å². The molecule has 1 heterocycles. The molecule has 0 saturated carbocycles. The molecule has 0 aliphatic heterocycles. The number of aryl methyl sites for hydroxylation is 2. The molecule has 0 aliphatic carbocycles. The van der Waals surface area contributed by atoms with Crippen molar-refractivity contribution < 1.29 is 9.84 Å². The van der Waals surface area contributed by atoms with Crippen molar-refractivity contribution in [2.75, 3.05) is 0 Å². The zero-order valence-corrected chi connectivity index (χ0v) is 11.6. The third kappa shape index (κ3) is 3.09. The summed E-state index contributed by atoms with van der Waals surface area (Å²) in [6.07, 6.45) is -0.441. The van der Waals surface area contributed by atoms with E-state index in [1.54, 1.807) is 18.3 Å². The molecule has 0 fully saturated rings. The van der Waals surface area contributed by atoms with Crippen LogP contribution in [0.15, 0.2) is 24.3 Å². The van der Waals surface area contributed by atoms with Crippen LogP contribution in [0.2, 0.25) is 0 Å². The van der Waals surface area contributed by atoms with Gasteiger partial charge in [0.25, 0.3) is 0 Å². The minimum atomic E-state index is -0.441. The molecular formula is C14H17NO2S. The molecular weight excluding hydrogens is 246 g/mol. The van der Waals surface area contributed by atoms with Crippen LogP contribution in [-0.4, -0.2) is 10.1 Å². The van der Waals surface area contributed by atoms with Crippen LogP contribution in [0.1, 0.15) is 34.2 Å². The third-order valence-electron chi connectivity index (χ3n) is 2.80. The second kappa shape index (κ2) is 5.50. The predicted molar refractivity (Wildman–Crippen MR) is 73.0 cm³/mol. The maximum Gasteiger partial charge on any atom is 0.140 e. The number of aliphatic hydroxyl groups excluding tert-OH is 1. The average Bonchev–Trinajstić information content (AvgIpc) is 2.67. The van der Waals surface area contributed by atoms with E-state index >= 15 is 0 Å². The highest BCUT2D eigenvalue weighted by atomic mass is 32.1. The summed E-state index contributed by atoms with van der Waals surface area (Å²) in [7, 11) is 0. The first-order valence-electron chi connectivity index (χ1n) is 5.90. The van der Waals surface area contributed by atoms with Gasteiger partial charge in [0.1, 0.15) is 17.4 Å². The average molecular weight is 263 g/mol. The number of aliphatic hydroxyl groups is 1. The van der Waals surface area contributed by atoms with Gasteiger partial charge in [0.05, 0.1) is 11.8 Å². The molecule has 3 nitrogen and oxygen atoms in total. The molecule has 0 amide bonds. The number of hydrogen-bond acceptors (Lipinski definition) is 4. The Labute approximate surface area is 111 Å². The van der Waals surface area contributed by atoms with Gasteiger partial charge in [-0.05, 0) is 38.5 Å². The number of nitrogens with zero attached hydrogens (tertiary/aromatic N) is 1. The molecule has 0 saturated heterocycles. The first-order chi connectivity index (χ1) is 8.56. The van der Waals surface area contributed by atoms with Gasteiger partial charge >= 0.3 is 0 Å². The summed E-state index contributed by atoms with van der Waals surface area (Å²) in [5, 5.41) is 10.4. The van der Waals surface area contributed by atoms with Crippen molar-refractivity contribution in [2.24, 2.45) is 0 Å². The van der Waals surface area contributed by atoms with Gasteiger partial charge in [-0.15, -0.1) is 11.3 Å². The van der Waals surface area contributed by atoms with Crippen molar-refractivity contribution in [3.63, 3.8) is 0 Å². The summed E-state index contributed by atoms with van der Waals surface area (Å²) < 4.78 is 5.66. The lowest BCUT2D eigenvalue weighted by Crippen LogP contribution is -1.96. The summed E-state index contributed by atoms with van der Waals surface area (Å²) in [5.41, 5.74) is 1.96. The van der Waals surface area contributed by atoms with Gasteiger partial charge in [0.2, 0.25) is 0 Å². The van der Waals surface area contributed by atoms with E-state index in [1.165, 1.54) is 4.88 Å². The largest absolute Gasteiger partial charge is 0.486 e. The minimum absolute atomic E-state index is 0.441. The van der Waals surface area contributed by atoms with Crippen LogP contribution < -0.4 is 4.74 Å². The Morgan fingerprint density at radius 3 is 2.44 bits per heavy atom. The van der Waals surface area contributed by atoms with Crippen LogP contribution in [0.3, 0.4) is 0 Å². The molecule has 0 spiro atoms. The van der Waals surface area contributed by atoms with Gasteiger partial charge in [-0.3, -0.25) is 0 Å². The molecule has 0 bridgehead atoms. The molecule has 0 unspecified atom stereocenters. The Kier molecular flexibility index (Phi) is 3.99. The van der Waals surface area contributed by atoms with E-state index in [0.29, 0.717) is 6.61 Å². The molecule has 1 aromatic carbocycles. The quantitative estimate of drug-likeness (QED) is 0.919. The zero-order chi connectivity index (χ0) is 13.1. The maximum atomic E-state index is 9.41. The maximum absolute atomic E-state index is 9.41. The van der Waals surface area contributed by atoms with Crippen LogP contribution in [0, 0.1) is 13.8 Å². The lowest BCUT2D eigenvalue weighted by molar-refractivity contribution is 0.199. The number of thiazole rings is 1. The highest BCUT2D eigenvalue weighted by Crippen LogP contribution is 2.21. The lowest BCUT2D eigenvalue weighted by atomic mass is 10.1. The van der Waals surface area contributed by atoms with E-state index in [0.717, 1.165) is 22.0 Å². The van der Waals surface area contributed by atoms with Gasteiger partial charge < -0.3 is 9.84 Å². The zero-order valence-electron chi connectivity index (χ0n) is 10.8. The van der Waals surface area contributed by atoms with E-state index < -0.39 is 6.10 Å². The number of hydrogen-bond donors (Lipinski definition) is 1. The van der Waals surface area contributed by atoms with Gasteiger partial charge in [0, 0.05) is 4.88 Å². The monoisotopic (exact) mass is 263 g/mol. The van der Waals surface area contributed by atoms with Gasteiger partial charge in [-0.25, -0.2) is 4.98 Å². The third-order valence-corrected chi connectivity index (χ3v) is 3.84. The molecule has 96 valence electrons. The Balaban J connectivity index is 1.97. The molecule has 18 heavy (non-hydrogen) atoms. The molecule has 4 heteroatoms. The van der Waals surface area contributed by atoms with E-state index in [-0.39, 0.29) is 0 Å². The van der Waals surface area contributed by atoms with E-state index in [1.807, 2.05) is 31.2 Å². The second-order valence-corrected chi connectivity index (χ2v) is 5.57. The summed E-state index contributed by atoms with van der Waals surface area (Å²) in [6, 6.07) is 7.49. The molecule has 0 radical (unpaired) electrons. The Hall–Kier alpha value is -1.39. The number of rotatable bonds is 4. The minimum Gasteiger partial charge on any atom is -0.486 e. The van der Waals surface area contributed by atoms with Crippen LogP contribution in [-0.2, 0) is 6.61 Å². The second-order valence-electron chi connectivity index (χ2n) is 4.28. The van der Waals surface area contributed by atoms with Gasteiger partial charge in [-0.2, -0.15) is 0 Å². The SMILES string of the molecule is Cc1nc(COc2ccc([C@@H](C)O)cc2)sc1C. The van der Waals surface area contributed by atoms with Gasteiger partial charge in [-0.1, -0.05) is 12.1 Å². The Morgan fingerprint density at radius 2 is 1.94 bits per heavy atom. The first kappa shape index (κ1) is 13.1. The molecule has 1 N–H and O–H groups in total. The number of ether oxygens (including phenoxy) is 1. The summed E-state index contributed by atoms with van der Waals surface area (Å²) >= 11 is 1.67. The highest BCUT2D eigenvalue weighted by Gasteiger charge is 2.05. The molecule has 1 atom stereocenters. The molecule has 1 aromatic heterocycles. The van der Waals surface area contributed by atoms with E-state index in [4.69, 9.17) is 4.74 Å². The van der Waals surface area contributed by atoms with Crippen LogP contribution in [0.5, 0.6) is 5.75 Å². The molecule has 2 aromatic rings. The highest BCUT2D eigenvalue weighted by molar-refractivity contribution is 7.11. The standard InChI is InChI=1S/C14H17NO2S/c1-9-11(3)18-14(15-9)8-17-13-6-4-12(5-7-13)10(2)16/h4-7,10,16H,8H2,1-3H3/t10-/m1/s1. The topological polar surface area (TPSA) is 42.4 Å². The van der Waals surface area contributed by atoms with Crippen LogP contribution >= 0.6 is 11.3 Å².